The van der Waals surface area contributed by atoms with Gasteiger partial charge in [-0.15, -0.1) is 0 Å². The van der Waals surface area contributed by atoms with E-state index in [2.05, 4.69) is 0 Å². The average Bonchev–Trinajstić information content (AvgIpc) is 2.59. The van der Waals surface area contributed by atoms with Gasteiger partial charge >= 0.3 is 5.97 Å². The van der Waals surface area contributed by atoms with Crippen molar-refractivity contribution < 1.29 is 18.7 Å². The van der Waals surface area contributed by atoms with Crippen LogP contribution in [0.5, 0.6) is 0 Å². The van der Waals surface area contributed by atoms with Crippen LogP contribution in [0, 0.1) is 5.82 Å². The molecule has 1 heterocycles. The van der Waals surface area contributed by atoms with E-state index in [-0.39, 0.29) is 18.7 Å². The molecule has 0 spiro atoms. The van der Waals surface area contributed by atoms with Gasteiger partial charge in [-0.25, -0.2) is 4.39 Å². The van der Waals surface area contributed by atoms with Crippen LogP contribution in [0.4, 0.5) is 4.39 Å². The maximum atomic E-state index is 13.2. The quantitative estimate of drug-likeness (QED) is 0.843. The lowest BCUT2D eigenvalue weighted by molar-refractivity contribution is -0.137. The molecular formula is C11H9FO3. The van der Waals surface area contributed by atoms with Gasteiger partial charge in [0, 0.05) is 6.42 Å². The third kappa shape index (κ3) is 1.98. The molecule has 1 aromatic carbocycles. The summed E-state index contributed by atoms with van der Waals surface area (Å²) >= 11 is 0. The number of hydrogen-bond donors (Lipinski definition) is 1. The second kappa shape index (κ2) is 3.73. The molecule has 0 radical (unpaired) electrons. The van der Waals surface area contributed by atoms with Gasteiger partial charge in [0.1, 0.15) is 17.2 Å². The molecule has 15 heavy (non-hydrogen) atoms. The monoisotopic (exact) mass is 208 g/mol. The maximum absolute atomic E-state index is 13.2. The van der Waals surface area contributed by atoms with Crippen molar-refractivity contribution in [3.8, 4) is 0 Å². The predicted octanol–water partition coefficient (Wildman–Crippen LogP) is 2.59. The zero-order valence-electron chi connectivity index (χ0n) is 7.87. The zero-order valence-corrected chi connectivity index (χ0v) is 7.87. The first-order chi connectivity index (χ1) is 7.16. The number of furan rings is 1. The molecule has 3 nitrogen and oxygen atoms in total. The summed E-state index contributed by atoms with van der Waals surface area (Å²) in [7, 11) is 0. The van der Waals surface area contributed by atoms with E-state index < -0.39 is 5.97 Å². The molecular weight excluding hydrogens is 199 g/mol. The van der Waals surface area contributed by atoms with Crippen LogP contribution in [-0.2, 0) is 11.2 Å². The second-order valence-corrected chi connectivity index (χ2v) is 3.26. The van der Waals surface area contributed by atoms with Crippen molar-refractivity contribution in [2.45, 2.75) is 12.8 Å². The molecule has 1 N–H and O–H groups in total. The van der Waals surface area contributed by atoms with E-state index in [4.69, 9.17) is 9.52 Å². The highest BCUT2D eigenvalue weighted by Crippen LogP contribution is 2.22. The number of aliphatic carboxylic acids is 1. The Balaban J connectivity index is 2.31. The van der Waals surface area contributed by atoms with Gasteiger partial charge in [-0.1, -0.05) is 6.07 Å². The highest BCUT2D eigenvalue weighted by molar-refractivity contribution is 5.78. The molecule has 2 aromatic rings. The minimum Gasteiger partial charge on any atom is -0.481 e. The Morgan fingerprint density at radius 1 is 1.47 bits per heavy atom. The van der Waals surface area contributed by atoms with Gasteiger partial charge < -0.3 is 9.52 Å². The Bertz CT molecular complexity index is 502. The summed E-state index contributed by atoms with van der Waals surface area (Å²) in [5.41, 5.74) is 0.454. The van der Waals surface area contributed by atoms with E-state index in [1.54, 1.807) is 18.2 Å². The van der Waals surface area contributed by atoms with E-state index in [0.29, 0.717) is 16.7 Å². The van der Waals surface area contributed by atoms with Gasteiger partial charge in [0.15, 0.2) is 0 Å². The number of fused-ring (bicyclic) bond motifs is 1. The van der Waals surface area contributed by atoms with Crippen LogP contribution in [0.25, 0.3) is 11.0 Å². The lowest BCUT2D eigenvalue weighted by atomic mass is 10.2. The highest BCUT2D eigenvalue weighted by atomic mass is 19.1. The SMILES string of the molecule is O=C(O)CCc1cc2c(F)cccc2o1. The van der Waals surface area contributed by atoms with Gasteiger partial charge in [0.05, 0.1) is 11.8 Å². The van der Waals surface area contributed by atoms with Crippen LogP contribution in [0.1, 0.15) is 12.2 Å². The Labute approximate surface area is 85.1 Å². The molecule has 2 rings (SSSR count). The molecule has 4 heteroatoms. The predicted molar refractivity (Wildman–Crippen MR) is 52.1 cm³/mol. The van der Waals surface area contributed by atoms with Crippen molar-refractivity contribution in [3.63, 3.8) is 0 Å². The smallest absolute Gasteiger partial charge is 0.303 e. The minimum atomic E-state index is -0.893. The largest absolute Gasteiger partial charge is 0.481 e. The third-order valence-corrected chi connectivity index (χ3v) is 2.14. The van der Waals surface area contributed by atoms with Crippen LogP contribution in [0.2, 0.25) is 0 Å². The highest BCUT2D eigenvalue weighted by Gasteiger charge is 2.08. The van der Waals surface area contributed by atoms with Crippen LogP contribution in [0.3, 0.4) is 0 Å². The summed E-state index contributed by atoms with van der Waals surface area (Å²) in [5.74, 6) is -0.744. The summed E-state index contributed by atoms with van der Waals surface area (Å²) in [6.07, 6.45) is 0.269. The molecule has 1 aromatic heterocycles. The number of carboxylic acids is 1. The van der Waals surface area contributed by atoms with E-state index in [1.165, 1.54) is 6.07 Å². The van der Waals surface area contributed by atoms with Crippen LogP contribution in [0.15, 0.2) is 28.7 Å². The van der Waals surface area contributed by atoms with Crippen LogP contribution >= 0.6 is 0 Å². The standard InChI is InChI=1S/C11H9FO3/c12-9-2-1-3-10-8(9)6-7(15-10)4-5-11(13)14/h1-3,6H,4-5H2,(H,13,14). The normalized spacial score (nSPS) is 10.7. The van der Waals surface area contributed by atoms with Crippen molar-refractivity contribution in [1.29, 1.82) is 0 Å². The van der Waals surface area contributed by atoms with E-state index >= 15 is 0 Å². The molecule has 0 aliphatic heterocycles. The fraction of sp³-hybridized carbons (Fsp3) is 0.182. The number of carbonyl (C=O) groups is 1. The van der Waals surface area contributed by atoms with Crippen molar-refractivity contribution in [2.24, 2.45) is 0 Å². The summed E-state index contributed by atoms with van der Waals surface area (Å²) in [5, 5.41) is 8.89. The van der Waals surface area contributed by atoms with Crippen molar-refractivity contribution in [2.75, 3.05) is 0 Å². The molecule has 0 amide bonds. The molecule has 0 atom stereocenters. The Hall–Kier alpha value is -1.84. The fourth-order valence-corrected chi connectivity index (χ4v) is 1.43. The number of aryl methyl sites for hydroxylation is 1. The first-order valence-corrected chi connectivity index (χ1v) is 4.55. The van der Waals surface area contributed by atoms with Crippen molar-refractivity contribution in [1.82, 2.24) is 0 Å². The summed E-state index contributed by atoms with van der Waals surface area (Å²) in [4.78, 5) is 10.3. The zero-order chi connectivity index (χ0) is 10.8. The lowest BCUT2D eigenvalue weighted by Gasteiger charge is -1.90. The number of halogens is 1. The Morgan fingerprint density at radius 3 is 2.93 bits per heavy atom. The molecule has 78 valence electrons. The van der Waals surface area contributed by atoms with E-state index in [0.717, 1.165) is 0 Å². The molecule has 0 saturated heterocycles. The van der Waals surface area contributed by atoms with Crippen LogP contribution < -0.4 is 0 Å². The van der Waals surface area contributed by atoms with Gasteiger partial charge in [-0.3, -0.25) is 4.79 Å². The number of carboxylic acid groups (broad SMARTS) is 1. The first-order valence-electron chi connectivity index (χ1n) is 4.55. The second-order valence-electron chi connectivity index (χ2n) is 3.26. The Morgan fingerprint density at radius 2 is 2.27 bits per heavy atom. The van der Waals surface area contributed by atoms with Gasteiger partial charge in [-0.2, -0.15) is 0 Å². The van der Waals surface area contributed by atoms with Gasteiger partial charge in [-0.05, 0) is 18.2 Å². The summed E-state index contributed by atoms with van der Waals surface area (Å²) in [6.45, 7) is 0. The lowest BCUT2D eigenvalue weighted by Crippen LogP contribution is -1.95. The summed E-state index contributed by atoms with van der Waals surface area (Å²) in [6, 6.07) is 6.11. The molecule has 0 aliphatic rings. The average molecular weight is 208 g/mol. The van der Waals surface area contributed by atoms with Gasteiger partial charge in [0.2, 0.25) is 0 Å². The molecule has 0 fully saturated rings. The van der Waals surface area contributed by atoms with Crippen molar-refractivity contribution >= 4 is 16.9 Å². The maximum Gasteiger partial charge on any atom is 0.303 e. The molecule has 0 saturated carbocycles. The fourth-order valence-electron chi connectivity index (χ4n) is 1.43. The van der Waals surface area contributed by atoms with Gasteiger partial charge in [0.25, 0.3) is 0 Å². The van der Waals surface area contributed by atoms with E-state index in [9.17, 15) is 9.18 Å². The Kier molecular flexibility index (Phi) is 2.41. The number of hydrogen-bond acceptors (Lipinski definition) is 2. The van der Waals surface area contributed by atoms with Crippen LogP contribution in [-0.4, -0.2) is 11.1 Å². The third-order valence-electron chi connectivity index (χ3n) is 2.14. The topological polar surface area (TPSA) is 50.4 Å². The summed E-state index contributed by atoms with van der Waals surface area (Å²) < 4.78 is 18.5. The number of rotatable bonds is 3. The van der Waals surface area contributed by atoms with Crippen molar-refractivity contribution in [3.05, 3.63) is 35.8 Å². The minimum absolute atomic E-state index is 0.0125. The molecule has 0 aliphatic carbocycles. The number of benzene rings is 1. The van der Waals surface area contributed by atoms with E-state index in [1.807, 2.05) is 0 Å². The molecule has 0 unspecified atom stereocenters. The first kappa shape index (κ1) is 9.71. The molecule has 0 bridgehead atoms.